The van der Waals surface area contributed by atoms with E-state index in [0.29, 0.717) is 13.1 Å². The van der Waals surface area contributed by atoms with Crippen molar-refractivity contribution in [3.8, 4) is 0 Å². The molecular weight excluding hydrogens is 386 g/mol. The highest BCUT2D eigenvalue weighted by atomic mass is 35.5. The minimum atomic E-state index is -4.03. The van der Waals surface area contributed by atoms with Gasteiger partial charge >= 0.3 is 0 Å². The molecule has 0 spiro atoms. The fourth-order valence-corrected chi connectivity index (χ4v) is 3.14. The van der Waals surface area contributed by atoms with Gasteiger partial charge in [-0.1, -0.05) is 0 Å². The maximum atomic E-state index is 12.2. The number of nitrogens with zero attached hydrogens (tertiary/aromatic N) is 2. The zero-order valence-corrected chi connectivity index (χ0v) is 15.8. The number of nitro benzene ring substituents is 1. The van der Waals surface area contributed by atoms with Crippen LogP contribution in [0.4, 0.5) is 11.4 Å². The summed E-state index contributed by atoms with van der Waals surface area (Å²) in [7, 11) is -4.03. The van der Waals surface area contributed by atoms with Gasteiger partial charge in [-0.25, -0.2) is 13.6 Å². The van der Waals surface area contributed by atoms with Crippen molar-refractivity contribution in [3.05, 3.63) is 28.3 Å². The molecule has 1 amide bonds. The maximum absolute atomic E-state index is 12.2. The van der Waals surface area contributed by atoms with E-state index in [9.17, 15) is 23.3 Å². The van der Waals surface area contributed by atoms with Crippen molar-refractivity contribution in [2.75, 3.05) is 31.5 Å². The highest BCUT2D eigenvalue weighted by Gasteiger charge is 2.21. The first kappa shape index (κ1) is 22.1. The highest BCUT2D eigenvalue weighted by molar-refractivity contribution is 7.89. The number of rotatable bonds is 6. The first-order valence-electron chi connectivity index (χ1n) is 7.75. The zero-order chi connectivity index (χ0) is 18.6. The van der Waals surface area contributed by atoms with Gasteiger partial charge in [0, 0.05) is 44.7 Å². The third-order valence-corrected chi connectivity index (χ3v) is 4.78. The normalized spacial score (nSPS) is 17.3. The lowest BCUT2D eigenvalue weighted by Gasteiger charge is -2.32. The average molecular weight is 408 g/mol. The van der Waals surface area contributed by atoms with E-state index in [1.165, 1.54) is 12.1 Å². The third-order valence-electron chi connectivity index (χ3n) is 3.87. The van der Waals surface area contributed by atoms with Crippen LogP contribution in [0.5, 0.6) is 0 Å². The van der Waals surface area contributed by atoms with Crippen LogP contribution in [0.25, 0.3) is 0 Å². The molecule has 0 aromatic heterocycles. The van der Waals surface area contributed by atoms with Crippen LogP contribution in [0.3, 0.4) is 0 Å². The van der Waals surface area contributed by atoms with Gasteiger partial charge in [-0.3, -0.25) is 14.9 Å². The number of amides is 1. The molecule has 1 fully saturated rings. The Morgan fingerprint density at radius 1 is 1.50 bits per heavy atom. The highest BCUT2D eigenvalue weighted by Crippen LogP contribution is 2.27. The lowest BCUT2D eigenvalue weighted by Crippen LogP contribution is -2.51. The Balaban J connectivity index is 0.00000338. The molecule has 0 bridgehead atoms. The summed E-state index contributed by atoms with van der Waals surface area (Å²) in [5.41, 5.74) is -0.270. The molecule has 26 heavy (non-hydrogen) atoms. The van der Waals surface area contributed by atoms with Gasteiger partial charge in [0.25, 0.3) is 5.69 Å². The lowest BCUT2D eigenvalue weighted by atomic mass is 10.2. The first-order chi connectivity index (χ1) is 11.7. The van der Waals surface area contributed by atoms with Crippen molar-refractivity contribution < 1.29 is 18.1 Å². The summed E-state index contributed by atoms with van der Waals surface area (Å²) in [5, 5.41) is 22.2. The number of nitrogens with one attached hydrogen (secondary N) is 2. The van der Waals surface area contributed by atoms with E-state index in [0.717, 1.165) is 12.6 Å². The Labute approximate surface area is 157 Å². The molecule has 12 heteroatoms. The molecule has 1 saturated heterocycles. The predicted octanol–water partition coefficient (Wildman–Crippen LogP) is 0.286. The molecule has 0 radical (unpaired) electrons. The molecule has 1 aromatic rings. The minimum absolute atomic E-state index is 0. The number of piperazine rings is 1. The molecule has 10 nitrogen and oxygen atoms in total. The van der Waals surface area contributed by atoms with Crippen molar-refractivity contribution in [2.45, 2.75) is 24.3 Å². The van der Waals surface area contributed by atoms with Crippen LogP contribution < -0.4 is 15.8 Å². The summed E-state index contributed by atoms with van der Waals surface area (Å²) in [4.78, 5) is 24.0. The van der Waals surface area contributed by atoms with Gasteiger partial charge < -0.3 is 15.5 Å². The monoisotopic (exact) mass is 407 g/mol. The van der Waals surface area contributed by atoms with E-state index in [-0.39, 0.29) is 47.9 Å². The van der Waals surface area contributed by atoms with Crippen molar-refractivity contribution in [1.82, 2.24) is 10.2 Å². The fraction of sp³-hybridized carbons (Fsp3) is 0.500. The average Bonchev–Trinajstić information content (AvgIpc) is 2.53. The number of nitro groups is 1. The Morgan fingerprint density at radius 3 is 2.77 bits per heavy atom. The van der Waals surface area contributed by atoms with E-state index >= 15 is 0 Å². The maximum Gasteiger partial charge on any atom is 0.293 e. The minimum Gasteiger partial charge on any atom is -0.379 e. The second kappa shape index (κ2) is 9.12. The van der Waals surface area contributed by atoms with E-state index in [4.69, 9.17) is 5.14 Å². The molecule has 0 aliphatic carbocycles. The summed E-state index contributed by atoms with van der Waals surface area (Å²) in [5.74, 6) is -0.0374. The van der Waals surface area contributed by atoms with Gasteiger partial charge in [-0.2, -0.15) is 0 Å². The molecule has 1 aliphatic rings. The van der Waals surface area contributed by atoms with Crippen LogP contribution in [0.2, 0.25) is 0 Å². The second-order valence-electron chi connectivity index (χ2n) is 5.85. The van der Waals surface area contributed by atoms with E-state index in [2.05, 4.69) is 10.6 Å². The number of benzene rings is 1. The molecule has 1 aromatic carbocycles. The summed E-state index contributed by atoms with van der Waals surface area (Å²) < 4.78 is 22.6. The summed E-state index contributed by atoms with van der Waals surface area (Å²) in [6, 6.07) is 3.59. The number of halogens is 1. The molecule has 2 rings (SSSR count). The van der Waals surface area contributed by atoms with Gasteiger partial charge in [-0.05, 0) is 19.1 Å². The van der Waals surface area contributed by atoms with Crippen molar-refractivity contribution in [2.24, 2.45) is 5.14 Å². The van der Waals surface area contributed by atoms with Gasteiger partial charge in [-0.15, -0.1) is 12.4 Å². The van der Waals surface area contributed by atoms with Gasteiger partial charge in [0.15, 0.2) is 0 Å². The Bertz CT molecular complexity index is 773. The number of carbonyl (C=O) groups is 1. The van der Waals surface area contributed by atoms with Crippen LogP contribution in [-0.4, -0.2) is 56.4 Å². The molecule has 1 atom stereocenters. The topological polar surface area (TPSA) is 148 Å². The zero-order valence-electron chi connectivity index (χ0n) is 14.2. The van der Waals surface area contributed by atoms with Crippen LogP contribution in [0.15, 0.2) is 23.1 Å². The SMILES string of the molecule is CC1CN(C(=O)CCNc2ccc(S(N)(=O)=O)cc2[N+](=O)[O-])CCN1.Cl. The molecule has 4 N–H and O–H groups in total. The summed E-state index contributed by atoms with van der Waals surface area (Å²) >= 11 is 0. The fourth-order valence-electron chi connectivity index (χ4n) is 2.61. The van der Waals surface area contributed by atoms with Crippen LogP contribution in [0, 0.1) is 10.1 Å². The largest absolute Gasteiger partial charge is 0.379 e. The van der Waals surface area contributed by atoms with Crippen LogP contribution >= 0.6 is 12.4 Å². The van der Waals surface area contributed by atoms with Crippen molar-refractivity contribution in [1.29, 1.82) is 0 Å². The molecule has 1 aliphatic heterocycles. The number of hydrogen-bond donors (Lipinski definition) is 3. The van der Waals surface area contributed by atoms with E-state index in [1.807, 2.05) is 6.92 Å². The van der Waals surface area contributed by atoms with E-state index in [1.54, 1.807) is 4.90 Å². The van der Waals surface area contributed by atoms with Crippen molar-refractivity contribution >= 4 is 39.7 Å². The number of nitrogens with two attached hydrogens (primary N) is 1. The quantitative estimate of drug-likeness (QED) is 0.453. The number of anilines is 1. The van der Waals surface area contributed by atoms with Gasteiger partial charge in [0.05, 0.1) is 9.82 Å². The number of hydrogen-bond acceptors (Lipinski definition) is 7. The third kappa shape index (κ3) is 5.80. The smallest absolute Gasteiger partial charge is 0.293 e. The van der Waals surface area contributed by atoms with Crippen LogP contribution in [0.1, 0.15) is 13.3 Å². The first-order valence-corrected chi connectivity index (χ1v) is 9.29. The number of carbonyl (C=O) groups excluding carboxylic acids is 1. The van der Waals surface area contributed by atoms with Crippen LogP contribution in [-0.2, 0) is 14.8 Å². The molecule has 1 heterocycles. The Morgan fingerprint density at radius 2 is 2.19 bits per heavy atom. The summed E-state index contributed by atoms with van der Waals surface area (Å²) in [6.45, 7) is 4.19. The van der Waals surface area contributed by atoms with Crippen molar-refractivity contribution in [3.63, 3.8) is 0 Å². The second-order valence-corrected chi connectivity index (χ2v) is 7.41. The van der Waals surface area contributed by atoms with Gasteiger partial charge in [0.2, 0.25) is 15.9 Å². The predicted molar refractivity (Wildman–Crippen MR) is 98.9 cm³/mol. The summed E-state index contributed by atoms with van der Waals surface area (Å²) in [6.07, 6.45) is 0.181. The number of primary sulfonamides is 1. The van der Waals surface area contributed by atoms with E-state index < -0.39 is 20.6 Å². The Kier molecular flexibility index (Phi) is 7.75. The molecule has 146 valence electrons. The Hall–Kier alpha value is -1.95. The number of sulfonamides is 1. The standard InChI is InChI=1S/C14H21N5O5S.ClH/c1-10-9-18(7-6-16-10)14(20)4-5-17-12-3-2-11(25(15,23)24)8-13(12)19(21)22;/h2-3,8,10,16-17H,4-7,9H2,1H3,(H2,15,23,24);1H. The molecule has 0 saturated carbocycles. The molecular formula is C14H22ClN5O5S. The lowest BCUT2D eigenvalue weighted by molar-refractivity contribution is -0.384. The molecule has 1 unspecified atom stereocenters. The van der Waals surface area contributed by atoms with Gasteiger partial charge in [0.1, 0.15) is 5.69 Å².